The Morgan fingerprint density at radius 2 is 2.12 bits per heavy atom. The fourth-order valence-electron chi connectivity index (χ4n) is 1.91. The van der Waals surface area contributed by atoms with E-state index >= 15 is 0 Å². The summed E-state index contributed by atoms with van der Waals surface area (Å²) in [5.74, 6) is 0. The van der Waals surface area contributed by atoms with Crippen LogP contribution >= 0.6 is 11.6 Å². The van der Waals surface area contributed by atoms with Gasteiger partial charge in [-0.15, -0.1) is 0 Å². The molecule has 0 aliphatic rings. The third-order valence-electron chi connectivity index (χ3n) is 2.74. The largest absolute Gasteiger partial charge is 0.326 e. The van der Waals surface area contributed by atoms with Gasteiger partial charge in [0.25, 0.3) is 0 Å². The van der Waals surface area contributed by atoms with E-state index in [1.54, 1.807) is 0 Å². The molecule has 17 heavy (non-hydrogen) atoms. The highest BCUT2D eigenvalue weighted by Gasteiger charge is 2.12. The Balaban J connectivity index is 2.52. The van der Waals surface area contributed by atoms with E-state index in [1.807, 2.05) is 35.1 Å². The normalized spacial score (nSPS) is 10.8. The molecular formula is C13H16ClN3. The second kappa shape index (κ2) is 5.34. The topological polar surface area (TPSA) is 43.8 Å². The Morgan fingerprint density at radius 3 is 2.76 bits per heavy atom. The number of rotatable bonds is 4. The van der Waals surface area contributed by atoms with Gasteiger partial charge in [-0.1, -0.05) is 37.1 Å². The highest BCUT2D eigenvalue weighted by molar-refractivity contribution is 6.32. The fourth-order valence-corrected chi connectivity index (χ4v) is 2.13. The van der Waals surface area contributed by atoms with Gasteiger partial charge in [-0.2, -0.15) is 5.10 Å². The lowest BCUT2D eigenvalue weighted by atomic mass is 10.1. The first-order chi connectivity index (χ1) is 8.27. The second-order valence-electron chi connectivity index (χ2n) is 3.93. The summed E-state index contributed by atoms with van der Waals surface area (Å²) in [4.78, 5) is 0. The minimum absolute atomic E-state index is 0.514. The highest BCUT2D eigenvalue weighted by Crippen LogP contribution is 2.23. The van der Waals surface area contributed by atoms with E-state index in [-0.39, 0.29) is 0 Å². The predicted molar refractivity (Wildman–Crippen MR) is 70.5 cm³/mol. The van der Waals surface area contributed by atoms with Crippen LogP contribution in [0.25, 0.3) is 5.69 Å². The molecule has 1 aromatic carbocycles. The lowest BCUT2D eigenvalue weighted by molar-refractivity contribution is 0.767. The van der Waals surface area contributed by atoms with Crippen LogP contribution in [0, 0.1) is 0 Å². The van der Waals surface area contributed by atoms with E-state index in [0.29, 0.717) is 11.6 Å². The summed E-state index contributed by atoms with van der Waals surface area (Å²) in [6, 6.07) is 7.71. The van der Waals surface area contributed by atoms with Crippen LogP contribution in [-0.4, -0.2) is 9.78 Å². The van der Waals surface area contributed by atoms with E-state index in [0.717, 1.165) is 29.8 Å². The summed E-state index contributed by atoms with van der Waals surface area (Å²) in [7, 11) is 0. The predicted octanol–water partition coefficient (Wildman–Crippen LogP) is 2.94. The smallest absolute Gasteiger partial charge is 0.0835 e. The van der Waals surface area contributed by atoms with Gasteiger partial charge in [0.1, 0.15) is 0 Å². The molecular weight excluding hydrogens is 234 g/mol. The van der Waals surface area contributed by atoms with Crippen LogP contribution in [0.1, 0.15) is 24.6 Å². The van der Waals surface area contributed by atoms with Gasteiger partial charge < -0.3 is 5.73 Å². The second-order valence-corrected chi connectivity index (χ2v) is 4.34. The van der Waals surface area contributed by atoms with Crippen molar-refractivity contribution in [3.8, 4) is 5.69 Å². The Hall–Kier alpha value is -1.32. The number of para-hydroxylation sites is 1. The van der Waals surface area contributed by atoms with E-state index in [9.17, 15) is 0 Å². The van der Waals surface area contributed by atoms with Gasteiger partial charge in [-0.05, 0) is 18.6 Å². The van der Waals surface area contributed by atoms with Crippen LogP contribution in [0.15, 0.2) is 30.5 Å². The van der Waals surface area contributed by atoms with Crippen LogP contribution in [0.4, 0.5) is 0 Å². The molecule has 0 aliphatic heterocycles. The monoisotopic (exact) mass is 249 g/mol. The zero-order chi connectivity index (χ0) is 12.3. The third kappa shape index (κ3) is 2.35. The first kappa shape index (κ1) is 12.1. The SMILES string of the molecule is CCCc1c(CN)cnn1-c1ccccc1Cl. The molecule has 1 heterocycles. The molecule has 0 unspecified atom stereocenters. The molecule has 0 bridgehead atoms. The summed E-state index contributed by atoms with van der Waals surface area (Å²) < 4.78 is 1.90. The van der Waals surface area contributed by atoms with E-state index < -0.39 is 0 Å². The number of benzene rings is 1. The number of nitrogens with zero attached hydrogens (tertiary/aromatic N) is 2. The zero-order valence-corrected chi connectivity index (χ0v) is 10.6. The van der Waals surface area contributed by atoms with Crippen molar-refractivity contribution < 1.29 is 0 Å². The van der Waals surface area contributed by atoms with Gasteiger partial charge >= 0.3 is 0 Å². The lowest BCUT2D eigenvalue weighted by Gasteiger charge is -2.09. The standard InChI is InChI=1S/C13H16ClN3/c1-2-5-12-10(8-15)9-16-17(12)13-7-4-3-6-11(13)14/h3-4,6-7,9H,2,5,8,15H2,1H3. The van der Waals surface area contributed by atoms with Crippen molar-refractivity contribution in [3.63, 3.8) is 0 Å². The molecule has 1 aromatic heterocycles. The maximum atomic E-state index is 6.19. The number of halogens is 1. The van der Waals surface area contributed by atoms with Gasteiger partial charge in [0, 0.05) is 17.8 Å². The average molecular weight is 250 g/mol. The van der Waals surface area contributed by atoms with E-state index in [4.69, 9.17) is 17.3 Å². The minimum atomic E-state index is 0.514. The van der Waals surface area contributed by atoms with Crippen molar-refractivity contribution in [2.24, 2.45) is 5.73 Å². The van der Waals surface area contributed by atoms with Gasteiger partial charge in [-0.25, -0.2) is 4.68 Å². The average Bonchev–Trinajstić information content (AvgIpc) is 2.73. The maximum absolute atomic E-state index is 6.19. The Labute approximate surface area is 106 Å². The van der Waals surface area contributed by atoms with Crippen molar-refractivity contribution in [1.82, 2.24) is 9.78 Å². The molecule has 2 rings (SSSR count). The number of aromatic nitrogens is 2. The molecule has 0 aliphatic carbocycles. The van der Waals surface area contributed by atoms with Crippen molar-refractivity contribution in [2.45, 2.75) is 26.3 Å². The quantitative estimate of drug-likeness (QED) is 0.906. The van der Waals surface area contributed by atoms with Crippen LogP contribution < -0.4 is 5.73 Å². The van der Waals surface area contributed by atoms with Crippen molar-refractivity contribution >= 4 is 11.6 Å². The first-order valence-corrected chi connectivity index (χ1v) is 6.16. The maximum Gasteiger partial charge on any atom is 0.0835 e. The summed E-state index contributed by atoms with van der Waals surface area (Å²) in [6.07, 6.45) is 3.84. The van der Waals surface area contributed by atoms with Crippen molar-refractivity contribution in [1.29, 1.82) is 0 Å². The Bertz CT molecular complexity index is 505. The van der Waals surface area contributed by atoms with Crippen LogP contribution in [-0.2, 0) is 13.0 Å². The van der Waals surface area contributed by atoms with Crippen LogP contribution in [0.2, 0.25) is 5.02 Å². The van der Waals surface area contributed by atoms with Gasteiger partial charge in [0.05, 0.1) is 16.9 Å². The summed E-state index contributed by atoms with van der Waals surface area (Å²) in [6.45, 7) is 2.66. The highest BCUT2D eigenvalue weighted by atomic mass is 35.5. The lowest BCUT2D eigenvalue weighted by Crippen LogP contribution is -2.06. The fraction of sp³-hybridized carbons (Fsp3) is 0.308. The molecule has 4 heteroatoms. The molecule has 2 N–H and O–H groups in total. The van der Waals surface area contributed by atoms with Gasteiger partial charge in [0.2, 0.25) is 0 Å². The molecule has 0 atom stereocenters. The number of hydrogen-bond acceptors (Lipinski definition) is 2. The van der Waals surface area contributed by atoms with Crippen LogP contribution in [0.3, 0.4) is 0 Å². The number of hydrogen-bond donors (Lipinski definition) is 1. The van der Waals surface area contributed by atoms with Gasteiger partial charge in [0.15, 0.2) is 0 Å². The molecule has 0 saturated heterocycles. The van der Waals surface area contributed by atoms with Crippen molar-refractivity contribution in [2.75, 3.05) is 0 Å². The minimum Gasteiger partial charge on any atom is -0.326 e. The van der Waals surface area contributed by atoms with E-state index in [2.05, 4.69) is 12.0 Å². The molecule has 2 aromatic rings. The van der Waals surface area contributed by atoms with E-state index in [1.165, 1.54) is 0 Å². The third-order valence-corrected chi connectivity index (χ3v) is 3.06. The Kier molecular flexibility index (Phi) is 3.82. The number of nitrogens with two attached hydrogens (primary N) is 1. The van der Waals surface area contributed by atoms with Crippen molar-refractivity contribution in [3.05, 3.63) is 46.7 Å². The molecule has 0 radical (unpaired) electrons. The molecule has 90 valence electrons. The van der Waals surface area contributed by atoms with Crippen LogP contribution in [0.5, 0.6) is 0 Å². The molecule has 0 amide bonds. The van der Waals surface area contributed by atoms with Gasteiger partial charge in [-0.3, -0.25) is 0 Å². The Morgan fingerprint density at radius 1 is 1.35 bits per heavy atom. The zero-order valence-electron chi connectivity index (χ0n) is 9.86. The molecule has 3 nitrogen and oxygen atoms in total. The molecule has 0 fully saturated rings. The first-order valence-electron chi connectivity index (χ1n) is 5.78. The summed E-state index contributed by atoms with van der Waals surface area (Å²) in [5.41, 5.74) is 8.88. The summed E-state index contributed by atoms with van der Waals surface area (Å²) >= 11 is 6.19. The molecule has 0 saturated carbocycles. The summed E-state index contributed by atoms with van der Waals surface area (Å²) in [5, 5.41) is 5.09. The molecule has 0 spiro atoms.